The number of carbonyl (C=O) groups excluding carboxylic acids is 1. The molecule has 1 heterocycles. The molecule has 0 saturated carbocycles. The summed E-state index contributed by atoms with van der Waals surface area (Å²) in [6.45, 7) is 8.60. The Balaban J connectivity index is 1.88. The Labute approximate surface area is 180 Å². The number of aryl methyl sites for hydroxylation is 1. The second-order valence-corrected chi connectivity index (χ2v) is 8.53. The van der Waals surface area contributed by atoms with Crippen LogP contribution in [0, 0.1) is 12.8 Å². The van der Waals surface area contributed by atoms with Crippen molar-refractivity contribution in [3.05, 3.63) is 58.7 Å². The number of nitrogens with one attached hydrogen (secondary N) is 1. The SMILES string of the molecule is COc1cc2c(cc1OC)[C@H](CNC(=O)CC(C)C)N(Cc1ccc(C)cc1)CC2. The van der Waals surface area contributed by atoms with E-state index in [1.807, 2.05) is 0 Å². The van der Waals surface area contributed by atoms with Gasteiger partial charge in [0.05, 0.1) is 20.3 Å². The van der Waals surface area contributed by atoms with Crippen LogP contribution in [-0.4, -0.2) is 38.1 Å². The van der Waals surface area contributed by atoms with Gasteiger partial charge in [-0.2, -0.15) is 0 Å². The average Bonchev–Trinajstić information content (AvgIpc) is 2.72. The van der Waals surface area contributed by atoms with E-state index in [1.54, 1.807) is 14.2 Å². The highest BCUT2D eigenvalue weighted by molar-refractivity contribution is 5.76. The highest BCUT2D eigenvalue weighted by atomic mass is 16.5. The lowest BCUT2D eigenvalue weighted by Crippen LogP contribution is -2.42. The lowest BCUT2D eigenvalue weighted by molar-refractivity contribution is -0.122. The van der Waals surface area contributed by atoms with Crippen LogP contribution >= 0.6 is 0 Å². The maximum Gasteiger partial charge on any atom is 0.220 e. The Hall–Kier alpha value is -2.53. The number of hydrogen-bond donors (Lipinski definition) is 1. The number of rotatable bonds is 8. The second kappa shape index (κ2) is 9.98. The van der Waals surface area contributed by atoms with Crippen molar-refractivity contribution >= 4 is 5.91 Å². The summed E-state index contributed by atoms with van der Waals surface area (Å²) in [5.74, 6) is 1.93. The first-order chi connectivity index (χ1) is 14.4. The Morgan fingerprint density at radius 1 is 1.13 bits per heavy atom. The molecule has 3 rings (SSSR count). The van der Waals surface area contributed by atoms with Crippen LogP contribution in [0.25, 0.3) is 0 Å². The molecule has 0 aromatic heterocycles. The van der Waals surface area contributed by atoms with E-state index < -0.39 is 0 Å². The van der Waals surface area contributed by atoms with Gasteiger partial charge in [-0.25, -0.2) is 0 Å². The van der Waals surface area contributed by atoms with Crippen LogP contribution in [0.4, 0.5) is 0 Å². The summed E-state index contributed by atoms with van der Waals surface area (Å²) in [5, 5.41) is 3.16. The Bertz CT molecular complexity index is 861. The van der Waals surface area contributed by atoms with Crippen molar-refractivity contribution < 1.29 is 14.3 Å². The molecular weight excluding hydrogens is 376 g/mol. The lowest BCUT2D eigenvalue weighted by Gasteiger charge is -2.38. The number of amides is 1. The number of ether oxygens (including phenoxy) is 2. The van der Waals surface area contributed by atoms with Gasteiger partial charge in [-0.15, -0.1) is 0 Å². The summed E-state index contributed by atoms with van der Waals surface area (Å²) < 4.78 is 11.1. The fourth-order valence-corrected chi connectivity index (χ4v) is 4.09. The van der Waals surface area contributed by atoms with E-state index in [1.165, 1.54) is 22.3 Å². The van der Waals surface area contributed by atoms with Crippen molar-refractivity contribution in [3.63, 3.8) is 0 Å². The summed E-state index contributed by atoms with van der Waals surface area (Å²) >= 11 is 0. The van der Waals surface area contributed by atoms with E-state index in [4.69, 9.17) is 9.47 Å². The van der Waals surface area contributed by atoms with Gasteiger partial charge in [0.2, 0.25) is 5.91 Å². The number of carbonyl (C=O) groups is 1. The molecule has 0 spiro atoms. The Morgan fingerprint density at radius 3 is 2.43 bits per heavy atom. The van der Waals surface area contributed by atoms with Gasteiger partial charge >= 0.3 is 0 Å². The highest BCUT2D eigenvalue weighted by Gasteiger charge is 2.29. The molecule has 0 unspecified atom stereocenters. The molecule has 0 saturated heterocycles. The number of hydrogen-bond acceptors (Lipinski definition) is 4. The molecule has 162 valence electrons. The summed E-state index contributed by atoms with van der Waals surface area (Å²) in [5.41, 5.74) is 5.01. The maximum absolute atomic E-state index is 12.4. The first-order valence-corrected chi connectivity index (χ1v) is 10.7. The molecule has 30 heavy (non-hydrogen) atoms. The monoisotopic (exact) mass is 410 g/mol. The lowest BCUT2D eigenvalue weighted by atomic mass is 9.91. The van der Waals surface area contributed by atoms with Crippen molar-refractivity contribution in [1.82, 2.24) is 10.2 Å². The third-order valence-corrected chi connectivity index (χ3v) is 5.71. The molecule has 0 aliphatic carbocycles. The molecule has 0 fully saturated rings. The number of nitrogens with zero attached hydrogens (tertiary/aromatic N) is 1. The summed E-state index contributed by atoms with van der Waals surface area (Å²) in [7, 11) is 3.33. The zero-order valence-electron chi connectivity index (χ0n) is 18.8. The molecule has 1 amide bonds. The third kappa shape index (κ3) is 5.33. The zero-order valence-corrected chi connectivity index (χ0v) is 18.8. The first-order valence-electron chi connectivity index (χ1n) is 10.7. The summed E-state index contributed by atoms with van der Waals surface area (Å²) in [4.78, 5) is 14.8. The molecule has 1 N–H and O–H groups in total. The van der Waals surface area contributed by atoms with Crippen LogP contribution in [0.2, 0.25) is 0 Å². The van der Waals surface area contributed by atoms with Gasteiger partial charge in [-0.3, -0.25) is 9.69 Å². The number of methoxy groups -OCH3 is 2. The fraction of sp³-hybridized carbons (Fsp3) is 0.480. The minimum atomic E-state index is 0.0889. The Kier molecular flexibility index (Phi) is 7.38. The number of benzene rings is 2. The van der Waals surface area contributed by atoms with Gasteiger partial charge in [0.25, 0.3) is 0 Å². The largest absolute Gasteiger partial charge is 0.493 e. The van der Waals surface area contributed by atoms with Gasteiger partial charge in [0.1, 0.15) is 0 Å². The standard InChI is InChI=1S/C25H34N2O3/c1-17(2)12-25(28)26-15-22-21-14-24(30-5)23(29-4)13-20(21)10-11-27(22)16-19-8-6-18(3)7-9-19/h6-9,13-14,17,22H,10-12,15-16H2,1-5H3,(H,26,28)/t22-/m0/s1. The van der Waals surface area contributed by atoms with Crippen molar-refractivity contribution in [2.24, 2.45) is 5.92 Å². The molecule has 2 aromatic carbocycles. The van der Waals surface area contributed by atoms with Crippen LogP contribution in [0.5, 0.6) is 11.5 Å². The van der Waals surface area contributed by atoms with Crippen LogP contribution < -0.4 is 14.8 Å². The maximum atomic E-state index is 12.4. The molecule has 1 aliphatic heterocycles. The molecule has 0 radical (unpaired) electrons. The third-order valence-electron chi connectivity index (χ3n) is 5.71. The highest BCUT2D eigenvalue weighted by Crippen LogP contribution is 2.38. The molecule has 1 atom stereocenters. The van der Waals surface area contributed by atoms with Crippen LogP contribution in [-0.2, 0) is 17.8 Å². The van der Waals surface area contributed by atoms with Crippen LogP contribution in [0.3, 0.4) is 0 Å². The fourth-order valence-electron chi connectivity index (χ4n) is 4.09. The van der Waals surface area contributed by atoms with E-state index in [0.29, 0.717) is 18.9 Å². The minimum absolute atomic E-state index is 0.0889. The van der Waals surface area contributed by atoms with Crippen molar-refractivity contribution in [1.29, 1.82) is 0 Å². The molecule has 2 aromatic rings. The van der Waals surface area contributed by atoms with Crippen molar-refractivity contribution in [2.45, 2.75) is 46.2 Å². The van der Waals surface area contributed by atoms with E-state index >= 15 is 0 Å². The predicted octanol–water partition coefficient (Wildman–Crippen LogP) is 4.27. The van der Waals surface area contributed by atoms with Gasteiger partial charge in [-0.05, 0) is 48.1 Å². The van der Waals surface area contributed by atoms with Gasteiger partial charge in [0.15, 0.2) is 11.5 Å². The Morgan fingerprint density at radius 2 is 1.80 bits per heavy atom. The van der Waals surface area contributed by atoms with E-state index in [0.717, 1.165) is 31.0 Å². The van der Waals surface area contributed by atoms with E-state index in [-0.39, 0.29) is 11.9 Å². The van der Waals surface area contributed by atoms with E-state index in [2.05, 4.69) is 67.4 Å². The first kappa shape index (κ1) is 22.2. The molecule has 5 heteroatoms. The van der Waals surface area contributed by atoms with Crippen molar-refractivity contribution in [2.75, 3.05) is 27.3 Å². The minimum Gasteiger partial charge on any atom is -0.493 e. The summed E-state index contributed by atoms with van der Waals surface area (Å²) in [6, 6.07) is 12.9. The molecule has 5 nitrogen and oxygen atoms in total. The second-order valence-electron chi connectivity index (χ2n) is 8.53. The quantitative estimate of drug-likeness (QED) is 0.706. The average molecular weight is 411 g/mol. The van der Waals surface area contributed by atoms with Crippen LogP contribution in [0.1, 0.15) is 48.6 Å². The zero-order chi connectivity index (χ0) is 21.7. The van der Waals surface area contributed by atoms with Gasteiger partial charge < -0.3 is 14.8 Å². The van der Waals surface area contributed by atoms with E-state index in [9.17, 15) is 4.79 Å². The molecule has 1 aliphatic rings. The summed E-state index contributed by atoms with van der Waals surface area (Å²) in [6.07, 6.45) is 1.49. The van der Waals surface area contributed by atoms with Gasteiger partial charge in [0, 0.05) is 26.1 Å². The topological polar surface area (TPSA) is 50.8 Å². The molecular formula is C25H34N2O3. The smallest absolute Gasteiger partial charge is 0.220 e. The van der Waals surface area contributed by atoms with Gasteiger partial charge in [-0.1, -0.05) is 43.7 Å². The van der Waals surface area contributed by atoms with Crippen molar-refractivity contribution in [3.8, 4) is 11.5 Å². The van der Waals surface area contributed by atoms with Crippen LogP contribution in [0.15, 0.2) is 36.4 Å². The predicted molar refractivity (Wildman–Crippen MR) is 120 cm³/mol. The normalized spacial score (nSPS) is 16.3. The molecule has 0 bridgehead atoms. The number of fused-ring (bicyclic) bond motifs is 1.